The number of anilines is 1. The van der Waals surface area contributed by atoms with Gasteiger partial charge in [0.1, 0.15) is 19.3 Å². The van der Waals surface area contributed by atoms with Gasteiger partial charge in [0, 0.05) is 5.69 Å². The van der Waals surface area contributed by atoms with E-state index in [0.717, 1.165) is 53.8 Å². The van der Waals surface area contributed by atoms with Crippen LogP contribution in [0.2, 0.25) is 0 Å². The number of hydrogen-bond acceptors (Lipinski definition) is 4. The molecule has 2 aromatic rings. The number of unbranched alkanes of at least 4 members (excludes halogenated alkanes) is 2. The number of ether oxygens (including phenoxy) is 2. The number of para-hydroxylation sites is 3. The first kappa shape index (κ1) is 26.8. The van der Waals surface area contributed by atoms with E-state index in [1.165, 1.54) is 6.42 Å². The van der Waals surface area contributed by atoms with Crippen molar-refractivity contribution in [2.45, 2.75) is 46.1 Å². The molecule has 2 amide bonds. The quantitative estimate of drug-likeness (QED) is 0.361. The monoisotopic (exact) mass is 484 g/mol. The van der Waals surface area contributed by atoms with Crippen LogP contribution in [0.25, 0.3) is 0 Å². The Kier molecular flexibility index (Phi) is 9.81. The van der Waals surface area contributed by atoms with E-state index in [0.29, 0.717) is 31.1 Å². The number of methoxy groups -OCH3 is 1. The second-order valence-corrected chi connectivity index (χ2v) is 9.70. The largest absolute Gasteiger partial charge is 0.493 e. The summed E-state index contributed by atoms with van der Waals surface area (Å²) < 4.78 is 12.1. The van der Waals surface area contributed by atoms with Crippen LogP contribution in [-0.4, -0.2) is 79.6 Å². The molecule has 0 spiro atoms. The number of aliphatic hydroxyl groups is 1. The fraction of sp³-hybridized carbons (Fsp3) is 0.536. The van der Waals surface area contributed by atoms with Crippen LogP contribution < -0.4 is 14.8 Å². The molecule has 1 unspecified atom stereocenters. The van der Waals surface area contributed by atoms with E-state index >= 15 is 0 Å². The van der Waals surface area contributed by atoms with Gasteiger partial charge in [-0.2, -0.15) is 0 Å². The number of aliphatic hydroxyl groups excluding tert-OH is 1. The molecule has 1 aliphatic rings. The van der Waals surface area contributed by atoms with Crippen molar-refractivity contribution in [1.29, 1.82) is 0 Å². The fourth-order valence-corrected chi connectivity index (χ4v) is 4.91. The van der Waals surface area contributed by atoms with Crippen molar-refractivity contribution < 1.29 is 23.9 Å². The summed E-state index contributed by atoms with van der Waals surface area (Å²) in [6.45, 7) is 11.1. The smallest absolute Gasteiger partial charge is 0.322 e. The lowest BCUT2D eigenvalue weighted by atomic mass is 10.1. The van der Waals surface area contributed by atoms with Gasteiger partial charge in [0.2, 0.25) is 0 Å². The second-order valence-electron chi connectivity index (χ2n) is 9.70. The van der Waals surface area contributed by atoms with Gasteiger partial charge in [-0.1, -0.05) is 43.7 Å². The predicted octanol–water partition coefficient (Wildman–Crippen LogP) is 4.61. The number of rotatable bonds is 11. The highest BCUT2D eigenvalue weighted by Gasteiger charge is 2.36. The molecule has 1 fully saturated rings. The zero-order valence-corrected chi connectivity index (χ0v) is 21.8. The van der Waals surface area contributed by atoms with Gasteiger partial charge in [-0.3, -0.25) is 0 Å². The highest BCUT2D eigenvalue weighted by atomic mass is 16.5. The molecule has 2 N–H and O–H groups in total. The molecule has 0 aliphatic carbocycles. The molecule has 0 saturated carbocycles. The van der Waals surface area contributed by atoms with Crippen LogP contribution in [0, 0.1) is 13.8 Å². The van der Waals surface area contributed by atoms with Gasteiger partial charge in [-0.05, 0) is 49.9 Å². The standard InChI is InChI=1S/C28H41N3O4/c1-5-6-9-17-31(20-24(32)21-35-26-14-8-7-13-25(26)34-4)18-15-30(16-19-31)28(33)29-27-22(2)11-10-12-23(27)3/h7-8,10-14,24,32H,5-6,9,15-21H2,1-4H3/p+1. The number of aryl methyl sites for hydroxylation is 2. The average molecular weight is 485 g/mol. The van der Waals surface area contributed by atoms with E-state index in [9.17, 15) is 9.90 Å². The highest BCUT2D eigenvalue weighted by molar-refractivity contribution is 5.91. The number of benzene rings is 2. The summed E-state index contributed by atoms with van der Waals surface area (Å²) >= 11 is 0. The Bertz CT molecular complexity index is 937. The maximum Gasteiger partial charge on any atom is 0.322 e. The lowest BCUT2D eigenvalue weighted by Crippen LogP contribution is -2.63. The molecule has 0 aromatic heterocycles. The summed E-state index contributed by atoms with van der Waals surface area (Å²) in [4.78, 5) is 14.9. The zero-order valence-electron chi connectivity index (χ0n) is 21.8. The molecule has 192 valence electrons. The highest BCUT2D eigenvalue weighted by Crippen LogP contribution is 2.26. The van der Waals surface area contributed by atoms with Crippen LogP contribution in [0.1, 0.15) is 37.3 Å². The Morgan fingerprint density at radius 3 is 2.34 bits per heavy atom. The minimum Gasteiger partial charge on any atom is -0.493 e. The van der Waals surface area contributed by atoms with Crippen molar-refractivity contribution in [2.75, 3.05) is 58.3 Å². The summed E-state index contributed by atoms with van der Waals surface area (Å²) in [5.74, 6) is 1.30. The SMILES string of the molecule is CCCCC[N+]1(CC(O)COc2ccccc2OC)CCN(C(=O)Nc2c(C)cccc2C)CC1. The van der Waals surface area contributed by atoms with E-state index in [1.807, 2.05) is 61.2 Å². The molecule has 7 nitrogen and oxygen atoms in total. The van der Waals surface area contributed by atoms with Crippen molar-refractivity contribution >= 4 is 11.7 Å². The van der Waals surface area contributed by atoms with E-state index in [-0.39, 0.29) is 12.6 Å². The van der Waals surface area contributed by atoms with Crippen molar-refractivity contribution in [3.8, 4) is 11.5 Å². The van der Waals surface area contributed by atoms with Crippen molar-refractivity contribution in [3.05, 3.63) is 53.6 Å². The molecule has 1 saturated heterocycles. The first-order valence-corrected chi connectivity index (χ1v) is 12.8. The average Bonchev–Trinajstić information content (AvgIpc) is 2.86. The van der Waals surface area contributed by atoms with Crippen molar-refractivity contribution in [2.24, 2.45) is 0 Å². The normalized spacial score (nSPS) is 16.0. The molecule has 7 heteroatoms. The van der Waals surface area contributed by atoms with Gasteiger partial charge in [0.25, 0.3) is 0 Å². The third-order valence-corrected chi connectivity index (χ3v) is 7.02. The van der Waals surface area contributed by atoms with Crippen LogP contribution in [0.4, 0.5) is 10.5 Å². The van der Waals surface area contributed by atoms with Crippen LogP contribution in [0.3, 0.4) is 0 Å². The number of quaternary nitrogens is 1. The summed E-state index contributed by atoms with van der Waals surface area (Å²) in [6.07, 6.45) is 2.84. The Labute approximate surface area is 210 Å². The molecule has 35 heavy (non-hydrogen) atoms. The Morgan fingerprint density at radius 2 is 1.71 bits per heavy atom. The number of piperazine rings is 1. The molecule has 3 rings (SSSR count). The van der Waals surface area contributed by atoms with E-state index in [1.54, 1.807) is 7.11 Å². The van der Waals surface area contributed by atoms with Crippen molar-refractivity contribution in [3.63, 3.8) is 0 Å². The fourth-order valence-electron chi connectivity index (χ4n) is 4.91. The number of carbonyl (C=O) groups is 1. The van der Waals surface area contributed by atoms with Crippen LogP contribution in [-0.2, 0) is 0 Å². The van der Waals surface area contributed by atoms with Gasteiger partial charge in [0.05, 0.1) is 39.8 Å². The summed E-state index contributed by atoms with van der Waals surface area (Å²) in [7, 11) is 1.61. The number of nitrogens with zero attached hydrogens (tertiary/aromatic N) is 2. The maximum absolute atomic E-state index is 13.0. The van der Waals surface area contributed by atoms with Gasteiger partial charge in [0.15, 0.2) is 11.5 Å². The number of hydrogen-bond donors (Lipinski definition) is 2. The first-order chi connectivity index (χ1) is 16.9. The van der Waals surface area contributed by atoms with Gasteiger partial charge < -0.3 is 29.3 Å². The third-order valence-electron chi connectivity index (χ3n) is 7.02. The number of urea groups is 1. The lowest BCUT2D eigenvalue weighted by molar-refractivity contribution is -0.934. The molecule has 1 atom stereocenters. The number of amides is 2. The summed E-state index contributed by atoms with van der Waals surface area (Å²) in [5, 5.41) is 14.0. The minimum atomic E-state index is -0.600. The van der Waals surface area contributed by atoms with E-state index < -0.39 is 6.10 Å². The Balaban J connectivity index is 1.59. The Morgan fingerprint density at radius 1 is 1.06 bits per heavy atom. The molecule has 1 heterocycles. The zero-order chi connectivity index (χ0) is 25.3. The van der Waals surface area contributed by atoms with Crippen LogP contribution >= 0.6 is 0 Å². The second kappa shape index (κ2) is 12.8. The van der Waals surface area contributed by atoms with Crippen LogP contribution in [0.15, 0.2) is 42.5 Å². The molecular formula is C28H42N3O4+. The summed E-state index contributed by atoms with van der Waals surface area (Å²) in [6, 6.07) is 13.5. The van der Waals surface area contributed by atoms with Gasteiger partial charge in [-0.15, -0.1) is 0 Å². The van der Waals surface area contributed by atoms with E-state index in [2.05, 4.69) is 12.2 Å². The van der Waals surface area contributed by atoms with Gasteiger partial charge in [-0.25, -0.2) is 4.79 Å². The first-order valence-electron chi connectivity index (χ1n) is 12.8. The molecular weight excluding hydrogens is 442 g/mol. The molecule has 0 bridgehead atoms. The maximum atomic E-state index is 13.0. The van der Waals surface area contributed by atoms with Gasteiger partial charge >= 0.3 is 6.03 Å². The Hall–Kier alpha value is -2.77. The molecule has 1 aliphatic heterocycles. The molecule has 2 aromatic carbocycles. The van der Waals surface area contributed by atoms with Crippen LogP contribution in [0.5, 0.6) is 11.5 Å². The lowest BCUT2D eigenvalue weighted by Gasteiger charge is -2.45. The molecule has 0 radical (unpaired) electrons. The van der Waals surface area contributed by atoms with Crippen molar-refractivity contribution in [1.82, 2.24) is 4.90 Å². The minimum absolute atomic E-state index is 0.0474. The predicted molar refractivity (Wildman–Crippen MR) is 140 cm³/mol. The topological polar surface area (TPSA) is 71.0 Å². The van der Waals surface area contributed by atoms with E-state index in [4.69, 9.17) is 9.47 Å². The number of nitrogens with one attached hydrogen (secondary N) is 1. The number of carbonyl (C=O) groups excluding carboxylic acids is 1. The summed E-state index contributed by atoms with van der Waals surface area (Å²) in [5.41, 5.74) is 3.03. The third kappa shape index (κ3) is 7.36.